The van der Waals surface area contributed by atoms with E-state index in [-0.39, 0.29) is 29.6 Å². The van der Waals surface area contributed by atoms with Gasteiger partial charge < -0.3 is 25.6 Å². The number of amidine groups is 1. The fourth-order valence-corrected chi connectivity index (χ4v) is 2.93. The Labute approximate surface area is 198 Å². The number of carboxylic acids is 1. The number of aromatic nitrogens is 3. The molecule has 0 fully saturated rings. The van der Waals surface area contributed by atoms with Crippen molar-refractivity contribution in [2.24, 2.45) is 5.73 Å². The van der Waals surface area contributed by atoms with E-state index in [0.29, 0.717) is 23.6 Å². The van der Waals surface area contributed by atoms with Crippen LogP contribution in [0.3, 0.4) is 0 Å². The van der Waals surface area contributed by atoms with Gasteiger partial charge in [-0.1, -0.05) is 0 Å². The first kappa shape index (κ1) is 26.8. The molecular formula is C22H26F2N6O5. The molecule has 188 valence electrons. The number of hydrogen-bond acceptors (Lipinski definition) is 7. The average molecular weight is 492 g/mol. The van der Waals surface area contributed by atoms with Gasteiger partial charge in [0, 0.05) is 29.8 Å². The molecule has 0 saturated heterocycles. The number of halogens is 2. The summed E-state index contributed by atoms with van der Waals surface area (Å²) in [5, 5.41) is 24.2. The lowest BCUT2D eigenvalue weighted by molar-refractivity contribution is -0.134. The van der Waals surface area contributed by atoms with E-state index >= 15 is 4.39 Å². The number of benzene rings is 2. The maximum Gasteiger partial charge on any atom is 0.340 e. The smallest absolute Gasteiger partial charge is 0.340 e. The Hall–Kier alpha value is -4.42. The SMILES string of the molecule is CC(=O)O.CCOc1cc(OCCF)c(F)c([C@H](Nc2ccc(C(=N)N)cc2)c2n[nH]c(=O)[nH]2)c1. The van der Waals surface area contributed by atoms with Crippen molar-refractivity contribution in [2.45, 2.75) is 19.9 Å². The van der Waals surface area contributed by atoms with E-state index < -0.39 is 30.2 Å². The number of alkyl halides is 1. The number of aliphatic carboxylic acids is 1. The lowest BCUT2D eigenvalue weighted by atomic mass is 10.0. The molecule has 11 nitrogen and oxygen atoms in total. The molecule has 0 aliphatic carbocycles. The normalized spacial score (nSPS) is 11.1. The third kappa shape index (κ3) is 7.84. The Bertz CT molecular complexity index is 1190. The van der Waals surface area contributed by atoms with Gasteiger partial charge in [0.15, 0.2) is 17.4 Å². The summed E-state index contributed by atoms with van der Waals surface area (Å²) in [4.78, 5) is 23.2. The fourth-order valence-electron chi connectivity index (χ4n) is 2.93. The molecule has 3 rings (SSSR count). The van der Waals surface area contributed by atoms with Crippen molar-refractivity contribution >= 4 is 17.5 Å². The highest BCUT2D eigenvalue weighted by molar-refractivity contribution is 5.95. The van der Waals surface area contributed by atoms with E-state index in [0.717, 1.165) is 6.92 Å². The van der Waals surface area contributed by atoms with E-state index in [1.165, 1.54) is 12.1 Å². The molecule has 2 aromatic carbocycles. The molecule has 0 bridgehead atoms. The van der Waals surface area contributed by atoms with Crippen LogP contribution in [0.15, 0.2) is 41.2 Å². The Kier molecular flexibility index (Phi) is 9.75. The van der Waals surface area contributed by atoms with Crippen molar-refractivity contribution < 1.29 is 28.2 Å². The van der Waals surface area contributed by atoms with Gasteiger partial charge >= 0.3 is 5.69 Å². The summed E-state index contributed by atoms with van der Waals surface area (Å²) in [7, 11) is 0. The Morgan fingerprint density at radius 2 is 1.94 bits per heavy atom. The van der Waals surface area contributed by atoms with E-state index in [4.69, 9.17) is 30.5 Å². The van der Waals surface area contributed by atoms with Crippen LogP contribution in [0.25, 0.3) is 0 Å². The minimum absolute atomic E-state index is 0.0678. The van der Waals surface area contributed by atoms with Crippen LogP contribution < -0.4 is 26.2 Å². The third-order valence-electron chi connectivity index (χ3n) is 4.30. The quantitative estimate of drug-likeness (QED) is 0.185. The lowest BCUT2D eigenvalue weighted by Crippen LogP contribution is -2.18. The van der Waals surface area contributed by atoms with E-state index in [1.807, 2.05) is 0 Å². The minimum Gasteiger partial charge on any atom is -0.494 e. The zero-order valence-corrected chi connectivity index (χ0v) is 19.0. The molecule has 0 aliphatic rings. The molecule has 0 radical (unpaired) electrons. The van der Waals surface area contributed by atoms with Gasteiger partial charge in [-0.2, -0.15) is 5.10 Å². The number of aromatic amines is 2. The molecule has 0 spiro atoms. The van der Waals surface area contributed by atoms with Crippen molar-refractivity contribution in [3.63, 3.8) is 0 Å². The van der Waals surface area contributed by atoms with Crippen LogP contribution in [0, 0.1) is 11.2 Å². The zero-order chi connectivity index (χ0) is 26.0. The number of rotatable bonds is 10. The number of nitrogen functional groups attached to an aromatic ring is 1. The van der Waals surface area contributed by atoms with Crippen molar-refractivity contribution in [3.8, 4) is 11.5 Å². The predicted octanol–water partition coefficient (Wildman–Crippen LogP) is 2.56. The molecule has 1 atom stereocenters. The van der Waals surface area contributed by atoms with Crippen LogP contribution in [-0.2, 0) is 4.79 Å². The number of hydrogen-bond donors (Lipinski definition) is 6. The summed E-state index contributed by atoms with van der Waals surface area (Å²) in [6.07, 6.45) is 0. The first-order chi connectivity index (χ1) is 16.7. The Balaban J connectivity index is 0.00000100. The molecule has 35 heavy (non-hydrogen) atoms. The number of carboxylic acid groups (broad SMARTS) is 1. The Morgan fingerprint density at radius 1 is 1.29 bits per heavy atom. The predicted molar refractivity (Wildman–Crippen MR) is 124 cm³/mol. The van der Waals surface area contributed by atoms with Gasteiger partial charge in [-0.3, -0.25) is 15.2 Å². The van der Waals surface area contributed by atoms with Crippen LogP contribution in [0.5, 0.6) is 11.5 Å². The molecule has 0 amide bonds. The van der Waals surface area contributed by atoms with E-state index in [1.54, 1.807) is 31.2 Å². The first-order valence-corrected chi connectivity index (χ1v) is 10.4. The zero-order valence-electron chi connectivity index (χ0n) is 19.0. The minimum atomic E-state index is -0.949. The second-order valence-electron chi connectivity index (χ2n) is 6.95. The molecule has 3 aromatic rings. The standard InChI is InChI=1S/C20H22F2N6O3.C2H4O2/c1-2-30-13-9-14(16(22)15(10-13)31-8-7-21)17(19-26-20(29)28-27-19)25-12-5-3-11(4-6-12)18(23)24;1-2(3)4/h3-6,9-10,17,25H,2,7-8H2,1H3,(H3,23,24)(H2,26,27,28,29);1H3,(H,3,4)/t17-;/m0./s1. The number of carbonyl (C=O) groups is 1. The largest absolute Gasteiger partial charge is 0.494 e. The summed E-state index contributed by atoms with van der Waals surface area (Å²) >= 11 is 0. The maximum atomic E-state index is 15.3. The highest BCUT2D eigenvalue weighted by atomic mass is 19.1. The second-order valence-corrected chi connectivity index (χ2v) is 6.95. The fraction of sp³-hybridized carbons (Fsp3) is 0.273. The van der Waals surface area contributed by atoms with Gasteiger partial charge in [-0.05, 0) is 37.3 Å². The number of ether oxygens (including phenoxy) is 2. The summed E-state index contributed by atoms with van der Waals surface area (Å²) < 4.78 is 38.6. The van der Waals surface area contributed by atoms with Crippen LogP contribution in [-0.4, -0.2) is 52.0 Å². The van der Waals surface area contributed by atoms with E-state index in [9.17, 15) is 9.18 Å². The molecule has 1 aromatic heterocycles. The van der Waals surface area contributed by atoms with Gasteiger partial charge in [0.25, 0.3) is 5.97 Å². The van der Waals surface area contributed by atoms with Crippen LogP contribution in [0.4, 0.5) is 14.5 Å². The number of nitrogens with one attached hydrogen (secondary N) is 4. The van der Waals surface area contributed by atoms with Crippen LogP contribution in [0.1, 0.15) is 36.8 Å². The molecule has 0 aliphatic heterocycles. The van der Waals surface area contributed by atoms with Crippen LogP contribution >= 0.6 is 0 Å². The number of nitrogens with zero attached hydrogens (tertiary/aromatic N) is 1. The highest BCUT2D eigenvalue weighted by Gasteiger charge is 2.25. The van der Waals surface area contributed by atoms with Gasteiger partial charge in [-0.25, -0.2) is 18.7 Å². The third-order valence-corrected chi connectivity index (χ3v) is 4.30. The summed E-state index contributed by atoms with van der Waals surface area (Å²) in [6.45, 7) is 2.06. The molecule has 7 N–H and O–H groups in total. The van der Waals surface area contributed by atoms with Crippen molar-refractivity contribution in [1.82, 2.24) is 15.2 Å². The average Bonchev–Trinajstić information content (AvgIpc) is 3.24. The van der Waals surface area contributed by atoms with E-state index in [2.05, 4.69) is 20.5 Å². The molecule has 0 unspecified atom stereocenters. The molecule has 0 saturated carbocycles. The number of nitrogens with two attached hydrogens (primary N) is 1. The summed E-state index contributed by atoms with van der Waals surface area (Å²) in [5.74, 6) is -1.44. The van der Waals surface area contributed by atoms with Crippen molar-refractivity contribution in [2.75, 3.05) is 25.2 Å². The molecular weight excluding hydrogens is 466 g/mol. The lowest BCUT2D eigenvalue weighted by Gasteiger charge is -2.21. The first-order valence-electron chi connectivity index (χ1n) is 10.4. The molecule has 13 heteroatoms. The van der Waals surface area contributed by atoms with Gasteiger partial charge in [0.1, 0.15) is 30.9 Å². The number of anilines is 1. The van der Waals surface area contributed by atoms with Gasteiger partial charge in [0.2, 0.25) is 0 Å². The maximum absolute atomic E-state index is 15.3. The monoisotopic (exact) mass is 492 g/mol. The van der Waals surface area contributed by atoms with Gasteiger partial charge in [-0.15, -0.1) is 0 Å². The second kappa shape index (κ2) is 12.7. The summed E-state index contributed by atoms with van der Waals surface area (Å²) in [5.41, 5.74) is 6.04. The summed E-state index contributed by atoms with van der Waals surface area (Å²) in [6, 6.07) is 8.39. The van der Waals surface area contributed by atoms with Crippen molar-refractivity contribution in [3.05, 3.63) is 69.7 Å². The van der Waals surface area contributed by atoms with Crippen molar-refractivity contribution in [1.29, 1.82) is 5.41 Å². The number of H-pyrrole nitrogens is 2. The van der Waals surface area contributed by atoms with Crippen LogP contribution in [0.2, 0.25) is 0 Å². The Morgan fingerprint density at radius 3 is 2.46 bits per heavy atom. The van der Waals surface area contributed by atoms with Gasteiger partial charge in [0.05, 0.1) is 6.61 Å². The highest BCUT2D eigenvalue weighted by Crippen LogP contribution is 2.34. The molecule has 1 heterocycles. The topological polar surface area (TPSA) is 179 Å².